The molecule has 1 amide bonds. The van der Waals surface area contributed by atoms with Crippen LogP contribution in [0.5, 0.6) is 0 Å². The van der Waals surface area contributed by atoms with Crippen molar-refractivity contribution >= 4 is 22.6 Å². The predicted octanol–water partition coefficient (Wildman–Crippen LogP) is 2.31. The number of nitrogens with one attached hydrogen (secondary N) is 1. The number of likely N-dealkylation sites (tertiary alicyclic amines) is 1. The summed E-state index contributed by atoms with van der Waals surface area (Å²) in [6, 6.07) is 11.2. The lowest BCUT2D eigenvalue weighted by Gasteiger charge is -2.40. The van der Waals surface area contributed by atoms with Crippen molar-refractivity contribution in [1.29, 1.82) is 0 Å². The Morgan fingerprint density at radius 2 is 1.68 bits per heavy atom. The van der Waals surface area contributed by atoms with Crippen molar-refractivity contribution in [2.24, 2.45) is 12.5 Å². The predicted molar refractivity (Wildman–Crippen MR) is 142 cm³/mol. The van der Waals surface area contributed by atoms with Gasteiger partial charge in [0, 0.05) is 42.6 Å². The molecule has 3 aromatic rings. The SMILES string of the molecule is CC(C)N1CCC(C)(C(=O)N[C@@H](Cc2cccc3c(-n4c(=O)ccn(C)c4=O)cccc23)C(=O)O)CC1. The Kier molecular flexibility index (Phi) is 7.36. The van der Waals surface area contributed by atoms with Crippen molar-refractivity contribution in [1.82, 2.24) is 19.4 Å². The van der Waals surface area contributed by atoms with E-state index < -0.39 is 28.7 Å². The Balaban J connectivity index is 1.64. The molecule has 1 aromatic heterocycles. The average molecular weight is 507 g/mol. The van der Waals surface area contributed by atoms with E-state index in [1.54, 1.807) is 31.3 Å². The maximum Gasteiger partial charge on any atom is 0.335 e. The molecule has 4 rings (SSSR count). The van der Waals surface area contributed by atoms with Gasteiger partial charge in [0.15, 0.2) is 0 Å². The Labute approximate surface area is 215 Å². The molecule has 2 N–H and O–H groups in total. The minimum atomic E-state index is -1.12. The largest absolute Gasteiger partial charge is 0.480 e. The fourth-order valence-electron chi connectivity index (χ4n) is 5.03. The van der Waals surface area contributed by atoms with Crippen molar-refractivity contribution in [2.45, 2.75) is 52.1 Å². The van der Waals surface area contributed by atoms with Gasteiger partial charge in [0.1, 0.15) is 6.04 Å². The number of fused-ring (bicyclic) bond motifs is 1. The molecular formula is C28H34N4O5. The third kappa shape index (κ3) is 5.22. The Hall–Kier alpha value is -3.72. The molecule has 0 radical (unpaired) electrons. The molecule has 0 saturated carbocycles. The molecule has 0 aliphatic carbocycles. The van der Waals surface area contributed by atoms with Gasteiger partial charge in [-0.2, -0.15) is 0 Å². The topological polar surface area (TPSA) is 114 Å². The van der Waals surface area contributed by atoms with Crippen molar-refractivity contribution < 1.29 is 14.7 Å². The van der Waals surface area contributed by atoms with E-state index in [9.17, 15) is 24.3 Å². The van der Waals surface area contributed by atoms with E-state index in [2.05, 4.69) is 24.1 Å². The number of aryl methyl sites for hydroxylation is 1. The number of aliphatic carboxylic acids is 1. The fraction of sp³-hybridized carbons (Fsp3) is 0.429. The van der Waals surface area contributed by atoms with Gasteiger partial charge in [-0.25, -0.2) is 14.2 Å². The highest BCUT2D eigenvalue weighted by Crippen LogP contribution is 2.32. The first-order chi connectivity index (χ1) is 17.5. The first-order valence-electron chi connectivity index (χ1n) is 12.6. The third-order valence-corrected chi connectivity index (χ3v) is 7.59. The van der Waals surface area contributed by atoms with Crippen LogP contribution in [0.4, 0.5) is 0 Å². The van der Waals surface area contributed by atoms with Crippen LogP contribution in [-0.4, -0.2) is 56.2 Å². The zero-order valence-corrected chi connectivity index (χ0v) is 21.7. The van der Waals surface area contributed by atoms with E-state index in [0.29, 0.717) is 35.5 Å². The second-order valence-corrected chi connectivity index (χ2v) is 10.4. The molecule has 1 saturated heterocycles. The summed E-state index contributed by atoms with van der Waals surface area (Å²) in [6.07, 6.45) is 2.83. The second kappa shape index (κ2) is 10.3. The molecule has 9 heteroatoms. The monoisotopic (exact) mass is 506 g/mol. The number of amides is 1. The van der Waals surface area contributed by atoms with Crippen LogP contribution in [0.3, 0.4) is 0 Å². The van der Waals surface area contributed by atoms with Gasteiger partial charge >= 0.3 is 11.7 Å². The second-order valence-electron chi connectivity index (χ2n) is 10.4. The number of carbonyl (C=O) groups is 2. The lowest BCUT2D eigenvalue weighted by molar-refractivity contribution is -0.144. The highest BCUT2D eigenvalue weighted by Gasteiger charge is 2.39. The molecule has 2 aromatic carbocycles. The van der Waals surface area contributed by atoms with Gasteiger partial charge in [0.05, 0.1) is 5.69 Å². The first kappa shape index (κ1) is 26.3. The minimum absolute atomic E-state index is 0.0672. The summed E-state index contributed by atoms with van der Waals surface area (Å²) in [6.45, 7) is 7.75. The number of carbonyl (C=O) groups excluding carboxylic acids is 1. The molecule has 2 heterocycles. The summed E-state index contributed by atoms with van der Waals surface area (Å²) in [5.41, 5.74) is -0.427. The normalized spacial score (nSPS) is 16.6. The summed E-state index contributed by atoms with van der Waals surface area (Å²) < 4.78 is 2.43. The molecule has 1 fully saturated rings. The number of nitrogens with zero attached hydrogens (tertiary/aromatic N) is 3. The zero-order chi connectivity index (χ0) is 26.9. The quantitative estimate of drug-likeness (QED) is 0.509. The molecule has 1 aliphatic heterocycles. The smallest absolute Gasteiger partial charge is 0.335 e. The Morgan fingerprint density at radius 1 is 1.03 bits per heavy atom. The van der Waals surface area contributed by atoms with Crippen molar-refractivity contribution in [2.75, 3.05) is 13.1 Å². The van der Waals surface area contributed by atoms with Crippen molar-refractivity contribution in [3.63, 3.8) is 0 Å². The summed E-state index contributed by atoms with van der Waals surface area (Å²) in [5, 5.41) is 14.1. The van der Waals surface area contributed by atoms with Gasteiger partial charge in [0.2, 0.25) is 5.91 Å². The maximum absolute atomic E-state index is 13.2. The minimum Gasteiger partial charge on any atom is -0.480 e. The van der Waals surface area contributed by atoms with E-state index in [1.165, 1.54) is 16.8 Å². The lowest BCUT2D eigenvalue weighted by atomic mass is 9.79. The maximum atomic E-state index is 13.2. The van der Waals surface area contributed by atoms with Crippen LogP contribution < -0.4 is 16.6 Å². The number of piperidine rings is 1. The number of rotatable bonds is 7. The molecule has 0 bridgehead atoms. The zero-order valence-electron chi connectivity index (χ0n) is 21.7. The van der Waals surface area contributed by atoms with Crippen LogP contribution in [0.1, 0.15) is 39.2 Å². The number of aromatic nitrogens is 2. The van der Waals surface area contributed by atoms with Gasteiger partial charge in [-0.05, 0) is 56.8 Å². The highest BCUT2D eigenvalue weighted by molar-refractivity contribution is 5.93. The van der Waals surface area contributed by atoms with Gasteiger partial charge in [0.25, 0.3) is 5.56 Å². The molecule has 0 spiro atoms. The van der Waals surface area contributed by atoms with Crippen LogP contribution in [0.15, 0.2) is 58.3 Å². The van der Waals surface area contributed by atoms with Crippen LogP contribution in [-0.2, 0) is 23.1 Å². The molecular weight excluding hydrogens is 472 g/mol. The summed E-state index contributed by atoms with van der Waals surface area (Å²) in [5.74, 6) is -1.36. The summed E-state index contributed by atoms with van der Waals surface area (Å²) >= 11 is 0. The summed E-state index contributed by atoms with van der Waals surface area (Å²) in [4.78, 5) is 53.1. The van der Waals surface area contributed by atoms with Crippen molar-refractivity contribution in [3.05, 3.63) is 75.1 Å². The highest BCUT2D eigenvalue weighted by atomic mass is 16.4. The van der Waals surface area contributed by atoms with E-state index in [-0.39, 0.29) is 12.3 Å². The molecule has 37 heavy (non-hydrogen) atoms. The summed E-state index contributed by atoms with van der Waals surface area (Å²) in [7, 11) is 1.57. The Morgan fingerprint density at radius 3 is 2.32 bits per heavy atom. The molecule has 1 atom stereocenters. The van der Waals surface area contributed by atoms with E-state index >= 15 is 0 Å². The average Bonchev–Trinajstić information content (AvgIpc) is 2.86. The number of hydrogen-bond acceptors (Lipinski definition) is 5. The van der Waals surface area contributed by atoms with Crippen LogP contribution >= 0.6 is 0 Å². The molecule has 1 aliphatic rings. The standard InChI is InChI=1S/C28H34N4O5/c1-18(2)31-15-12-28(3,13-16-31)26(36)29-22(25(34)35)17-19-7-5-9-21-20(19)8-6-10-23(21)32-24(33)11-14-30(4)27(32)37/h5-11,14,18,22H,12-13,15-17H2,1-4H3,(H,29,36)(H,34,35)/t22-/m0/s1. The van der Waals surface area contributed by atoms with Gasteiger partial charge in [-0.3, -0.25) is 9.59 Å². The third-order valence-electron chi connectivity index (χ3n) is 7.59. The van der Waals surface area contributed by atoms with E-state index in [4.69, 9.17) is 0 Å². The first-order valence-corrected chi connectivity index (χ1v) is 12.6. The van der Waals surface area contributed by atoms with Gasteiger partial charge < -0.3 is 19.9 Å². The van der Waals surface area contributed by atoms with Crippen molar-refractivity contribution in [3.8, 4) is 5.69 Å². The fourth-order valence-corrected chi connectivity index (χ4v) is 5.03. The van der Waals surface area contributed by atoms with Crippen LogP contribution in [0.25, 0.3) is 16.5 Å². The molecule has 9 nitrogen and oxygen atoms in total. The number of hydrogen-bond donors (Lipinski definition) is 2. The number of carboxylic acid groups (broad SMARTS) is 1. The van der Waals surface area contributed by atoms with Gasteiger partial charge in [-0.15, -0.1) is 0 Å². The molecule has 0 unspecified atom stereocenters. The number of benzene rings is 2. The van der Waals surface area contributed by atoms with Gasteiger partial charge in [-0.1, -0.05) is 37.3 Å². The molecule has 196 valence electrons. The van der Waals surface area contributed by atoms with Crippen LogP contribution in [0, 0.1) is 5.41 Å². The van der Waals surface area contributed by atoms with E-state index in [0.717, 1.165) is 23.0 Å². The Bertz CT molecular complexity index is 1450. The van der Waals surface area contributed by atoms with E-state index in [1.807, 2.05) is 19.1 Å². The van der Waals surface area contributed by atoms with Crippen LogP contribution in [0.2, 0.25) is 0 Å². The lowest BCUT2D eigenvalue weighted by Crippen LogP contribution is -2.52. The number of carboxylic acids is 1.